The molecule has 1 aromatic heterocycles. The average Bonchev–Trinajstić information content (AvgIpc) is 2.96. The third kappa shape index (κ3) is 4.50. The van der Waals surface area contributed by atoms with Crippen LogP contribution in [0.5, 0.6) is 0 Å². The summed E-state index contributed by atoms with van der Waals surface area (Å²) < 4.78 is 30.4. The van der Waals surface area contributed by atoms with E-state index in [4.69, 9.17) is 9.52 Å². The Morgan fingerprint density at radius 1 is 1.19 bits per heavy atom. The summed E-state index contributed by atoms with van der Waals surface area (Å²) in [6.45, 7) is 1.51. The Bertz CT molecular complexity index is 913. The Balaban J connectivity index is 2.13. The maximum absolute atomic E-state index is 12.4. The normalized spacial score (nSPS) is 11.5. The van der Waals surface area contributed by atoms with Crippen molar-refractivity contribution in [1.29, 1.82) is 0 Å². The molecule has 2 N–H and O–H groups in total. The minimum absolute atomic E-state index is 0.0308. The molecule has 0 saturated heterocycles. The van der Waals surface area contributed by atoms with Gasteiger partial charge in [-0.25, -0.2) is 12.7 Å². The van der Waals surface area contributed by atoms with Gasteiger partial charge in [-0.15, -0.1) is 0 Å². The average molecular weight is 380 g/mol. The lowest BCUT2D eigenvalue weighted by Crippen LogP contribution is -2.21. The predicted octanol–water partition coefficient (Wildman–Crippen LogP) is 2.11. The van der Waals surface area contributed by atoms with E-state index in [2.05, 4.69) is 5.32 Å². The van der Waals surface area contributed by atoms with Crippen molar-refractivity contribution in [3.63, 3.8) is 0 Å². The fourth-order valence-electron chi connectivity index (χ4n) is 2.19. The molecule has 1 amide bonds. The van der Waals surface area contributed by atoms with E-state index in [1.165, 1.54) is 27.1 Å². The number of carboxylic acids is 1. The maximum Gasteiger partial charge on any atom is 0.303 e. The molecule has 0 spiro atoms. The smallest absolute Gasteiger partial charge is 0.303 e. The number of carbonyl (C=O) groups excluding carboxylic acids is 1. The van der Waals surface area contributed by atoms with E-state index >= 15 is 0 Å². The van der Waals surface area contributed by atoms with Gasteiger partial charge in [0.2, 0.25) is 5.09 Å². The number of rotatable bonds is 7. The molecule has 0 radical (unpaired) electrons. The Labute approximate surface area is 151 Å². The van der Waals surface area contributed by atoms with E-state index in [0.29, 0.717) is 12.1 Å². The van der Waals surface area contributed by atoms with Crippen LogP contribution in [-0.2, 0) is 21.2 Å². The number of hydrogen-bond donors (Lipinski definition) is 2. The van der Waals surface area contributed by atoms with Gasteiger partial charge >= 0.3 is 5.97 Å². The molecule has 1 heterocycles. The summed E-state index contributed by atoms with van der Waals surface area (Å²) in [7, 11) is -1.02. The van der Waals surface area contributed by atoms with Gasteiger partial charge in [0.1, 0.15) is 5.76 Å². The molecule has 0 aliphatic carbocycles. The molecule has 26 heavy (non-hydrogen) atoms. The van der Waals surface area contributed by atoms with E-state index in [1.54, 1.807) is 24.3 Å². The van der Waals surface area contributed by atoms with Crippen LogP contribution in [0.1, 0.15) is 28.1 Å². The van der Waals surface area contributed by atoms with Crippen molar-refractivity contribution in [2.75, 3.05) is 19.4 Å². The zero-order valence-corrected chi connectivity index (χ0v) is 15.5. The minimum Gasteiger partial charge on any atom is -0.481 e. The summed E-state index contributed by atoms with van der Waals surface area (Å²) in [4.78, 5) is 23.0. The number of nitrogens with zero attached hydrogens (tertiary/aromatic N) is 1. The number of amides is 1. The van der Waals surface area contributed by atoms with Crippen LogP contribution < -0.4 is 5.32 Å². The zero-order chi connectivity index (χ0) is 19.5. The van der Waals surface area contributed by atoms with Crippen LogP contribution in [0.4, 0.5) is 5.69 Å². The lowest BCUT2D eigenvalue weighted by atomic mass is 10.1. The topological polar surface area (TPSA) is 117 Å². The monoisotopic (exact) mass is 380 g/mol. The van der Waals surface area contributed by atoms with Crippen LogP contribution in [0.3, 0.4) is 0 Å². The van der Waals surface area contributed by atoms with Crippen molar-refractivity contribution in [2.45, 2.75) is 24.9 Å². The first-order chi connectivity index (χ1) is 12.1. The SMILES string of the molecule is Cc1oc(S(=O)(=O)N(C)C)cc1C(=O)Nc1ccc(CCC(=O)O)cc1. The molecular weight excluding hydrogens is 360 g/mol. The van der Waals surface area contributed by atoms with Crippen molar-refractivity contribution >= 4 is 27.6 Å². The molecule has 9 heteroatoms. The molecule has 0 bridgehead atoms. The highest BCUT2D eigenvalue weighted by molar-refractivity contribution is 7.88. The number of aryl methyl sites for hydroxylation is 2. The van der Waals surface area contributed by atoms with Crippen LogP contribution in [0, 0.1) is 6.92 Å². The van der Waals surface area contributed by atoms with Gasteiger partial charge in [-0.3, -0.25) is 9.59 Å². The molecule has 0 unspecified atom stereocenters. The Hall–Kier alpha value is -2.65. The number of hydrogen-bond acceptors (Lipinski definition) is 5. The second-order valence-corrected chi connectivity index (χ2v) is 7.95. The van der Waals surface area contributed by atoms with E-state index in [0.717, 1.165) is 9.87 Å². The highest BCUT2D eigenvalue weighted by atomic mass is 32.2. The van der Waals surface area contributed by atoms with E-state index in [9.17, 15) is 18.0 Å². The second-order valence-electron chi connectivity index (χ2n) is 5.87. The first-order valence-electron chi connectivity index (χ1n) is 7.76. The molecule has 8 nitrogen and oxygen atoms in total. The number of sulfonamides is 1. The summed E-state index contributed by atoms with van der Waals surface area (Å²) in [6.07, 6.45) is 0.430. The fourth-order valence-corrected chi connectivity index (χ4v) is 3.05. The zero-order valence-electron chi connectivity index (χ0n) is 14.6. The van der Waals surface area contributed by atoms with Crippen molar-refractivity contribution in [3.8, 4) is 0 Å². The number of carbonyl (C=O) groups is 2. The fraction of sp³-hybridized carbons (Fsp3) is 0.294. The van der Waals surface area contributed by atoms with Gasteiger partial charge in [0.25, 0.3) is 15.9 Å². The lowest BCUT2D eigenvalue weighted by Gasteiger charge is -2.07. The summed E-state index contributed by atoms with van der Waals surface area (Å²) in [5.41, 5.74) is 1.47. The van der Waals surface area contributed by atoms with Gasteiger partial charge in [-0.1, -0.05) is 12.1 Å². The molecule has 1 aromatic carbocycles. The van der Waals surface area contributed by atoms with Crippen LogP contribution >= 0.6 is 0 Å². The standard InChI is InChI=1S/C17H20N2O6S/c1-11-14(10-16(25-11)26(23,24)19(2)3)17(22)18-13-7-4-12(5-8-13)6-9-15(20)21/h4-5,7-8,10H,6,9H2,1-3H3,(H,18,22)(H,20,21). The van der Waals surface area contributed by atoms with E-state index in [-0.39, 0.29) is 22.8 Å². The molecule has 0 atom stereocenters. The molecule has 140 valence electrons. The third-order valence-electron chi connectivity index (χ3n) is 3.71. The molecule has 0 aliphatic heterocycles. The van der Waals surface area contributed by atoms with Gasteiger partial charge in [0, 0.05) is 32.3 Å². The largest absolute Gasteiger partial charge is 0.481 e. The number of aliphatic carboxylic acids is 1. The van der Waals surface area contributed by atoms with Crippen LogP contribution in [0.2, 0.25) is 0 Å². The second kappa shape index (κ2) is 7.71. The van der Waals surface area contributed by atoms with Crippen molar-refractivity contribution in [1.82, 2.24) is 4.31 Å². The number of nitrogens with one attached hydrogen (secondary N) is 1. The van der Waals surface area contributed by atoms with Crippen LogP contribution in [-0.4, -0.2) is 43.8 Å². The summed E-state index contributed by atoms with van der Waals surface area (Å²) in [5.74, 6) is -1.17. The van der Waals surface area contributed by atoms with Gasteiger partial charge in [0.05, 0.1) is 5.56 Å². The van der Waals surface area contributed by atoms with Crippen molar-refractivity contribution < 1.29 is 27.5 Å². The van der Waals surface area contributed by atoms with E-state index in [1.807, 2.05) is 0 Å². The Kier molecular flexibility index (Phi) is 5.83. The Morgan fingerprint density at radius 2 is 1.81 bits per heavy atom. The maximum atomic E-state index is 12.4. The summed E-state index contributed by atoms with van der Waals surface area (Å²) in [6, 6.07) is 7.95. The molecule has 0 aliphatic rings. The van der Waals surface area contributed by atoms with Gasteiger partial charge in [0.15, 0.2) is 0 Å². The van der Waals surface area contributed by atoms with Crippen molar-refractivity contribution in [2.24, 2.45) is 0 Å². The van der Waals surface area contributed by atoms with E-state index < -0.39 is 21.9 Å². The first-order valence-corrected chi connectivity index (χ1v) is 9.20. The highest BCUT2D eigenvalue weighted by Gasteiger charge is 2.25. The quantitative estimate of drug-likeness (QED) is 0.760. The summed E-state index contributed by atoms with van der Waals surface area (Å²) >= 11 is 0. The first kappa shape index (κ1) is 19.7. The summed E-state index contributed by atoms with van der Waals surface area (Å²) in [5, 5.41) is 11.0. The lowest BCUT2D eigenvalue weighted by molar-refractivity contribution is -0.136. The number of benzene rings is 1. The molecule has 0 fully saturated rings. The predicted molar refractivity (Wildman–Crippen MR) is 94.7 cm³/mol. The van der Waals surface area contributed by atoms with Gasteiger partial charge in [-0.05, 0) is 31.0 Å². The Morgan fingerprint density at radius 3 is 2.35 bits per heavy atom. The van der Waals surface area contributed by atoms with Crippen molar-refractivity contribution in [3.05, 3.63) is 47.2 Å². The van der Waals surface area contributed by atoms with Crippen LogP contribution in [0.15, 0.2) is 39.8 Å². The number of carboxylic acid groups (broad SMARTS) is 1. The van der Waals surface area contributed by atoms with Gasteiger partial charge in [-0.2, -0.15) is 0 Å². The molecule has 2 aromatic rings. The van der Waals surface area contributed by atoms with Gasteiger partial charge < -0.3 is 14.8 Å². The molecule has 0 saturated carbocycles. The third-order valence-corrected chi connectivity index (χ3v) is 5.39. The molecule has 2 rings (SSSR count). The molecular formula is C17H20N2O6S. The van der Waals surface area contributed by atoms with Crippen LogP contribution in [0.25, 0.3) is 0 Å². The highest BCUT2D eigenvalue weighted by Crippen LogP contribution is 2.22. The minimum atomic E-state index is -3.77. The number of anilines is 1. The number of furan rings is 1.